The molecule has 2 rings (SSSR count). The van der Waals surface area contributed by atoms with Gasteiger partial charge in [-0.05, 0) is 25.2 Å². The number of nitrogens with one attached hydrogen (secondary N) is 3. The van der Waals surface area contributed by atoms with Crippen LogP contribution in [0, 0.1) is 11.8 Å². The molecule has 0 unspecified atom stereocenters. The van der Waals surface area contributed by atoms with Crippen LogP contribution in [-0.2, 0) is 16.0 Å². The highest BCUT2D eigenvalue weighted by atomic mass is 16.5. The molecule has 0 aliphatic heterocycles. The Morgan fingerprint density at radius 2 is 2.00 bits per heavy atom. The van der Waals surface area contributed by atoms with Crippen molar-refractivity contribution in [3.63, 3.8) is 0 Å². The highest BCUT2D eigenvalue weighted by molar-refractivity contribution is 5.80. The zero-order valence-electron chi connectivity index (χ0n) is 16.6. The van der Waals surface area contributed by atoms with Crippen molar-refractivity contribution < 1.29 is 14.8 Å². The van der Waals surface area contributed by atoms with E-state index in [1.54, 1.807) is 0 Å². The van der Waals surface area contributed by atoms with E-state index in [1.807, 2.05) is 6.92 Å². The summed E-state index contributed by atoms with van der Waals surface area (Å²) in [5.41, 5.74) is 5.32. The highest BCUT2D eigenvalue weighted by Crippen LogP contribution is 2.28. The molecule has 0 aromatic carbocycles. The first kappa shape index (κ1) is 21.8. The molecule has 0 spiro atoms. The molecule has 0 radical (unpaired) electrons. The zero-order chi connectivity index (χ0) is 20.4. The van der Waals surface area contributed by atoms with Gasteiger partial charge in [-0.3, -0.25) is 25.6 Å². The van der Waals surface area contributed by atoms with E-state index in [-0.39, 0.29) is 18.4 Å². The van der Waals surface area contributed by atoms with Crippen molar-refractivity contribution in [2.75, 3.05) is 23.8 Å². The Bertz CT molecular complexity index is 640. The molecule has 1 saturated carbocycles. The van der Waals surface area contributed by atoms with Crippen LogP contribution in [0.1, 0.15) is 58.2 Å². The molecule has 2 amide bonds. The molecule has 1 fully saturated rings. The van der Waals surface area contributed by atoms with Gasteiger partial charge >= 0.3 is 0 Å². The summed E-state index contributed by atoms with van der Waals surface area (Å²) in [5.74, 6) is 1.17. The van der Waals surface area contributed by atoms with Gasteiger partial charge in [-0.25, -0.2) is 5.06 Å². The average molecular weight is 393 g/mol. The van der Waals surface area contributed by atoms with Gasteiger partial charge in [-0.15, -0.1) is 0 Å². The van der Waals surface area contributed by atoms with Crippen LogP contribution in [0.5, 0.6) is 0 Å². The first-order valence-electron chi connectivity index (χ1n) is 10.0. The van der Waals surface area contributed by atoms with Crippen molar-refractivity contribution >= 4 is 24.2 Å². The van der Waals surface area contributed by atoms with E-state index in [2.05, 4.69) is 38.0 Å². The number of hydrogen-bond acceptors (Lipinski definition) is 8. The Morgan fingerprint density at radius 1 is 1.25 bits per heavy atom. The van der Waals surface area contributed by atoms with Crippen LogP contribution >= 0.6 is 0 Å². The van der Waals surface area contributed by atoms with Gasteiger partial charge in [0.15, 0.2) is 0 Å². The quantitative estimate of drug-likeness (QED) is 0.163. The molecular formula is C18H31N7O3. The fourth-order valence-electron chi connectivity index (χ4n) is 2.70. The highest BCUT2D eigenvalue weighted by Gasteiger charge is 2.22. The number of hydrogen-bond donors (Lipinski definition) is 4. The lowest BCUT2D eigenvalue weighted by Crippen LogP contribution is -2.40. The van der Waals surface area contributed by atoms with Gasteiger partial charge < -0.3 is 5.32 Å². The third-order valence-electron chi connectivity index (χ3n) is 4.60. The smallest absolute Gasteiger partial charge is 0.246 e. The summed E-state index contributed by atoms with van der Waals surface area (Å²) < 4.78 is 0. The first-order valence-corrected chi connectivity index (χ1v) is 10.0. The topological polar surface area (TPSA) is 132 Å². The summed E-state index contributed by atoms with van der Waals surface area (Å²) in [7, 11) is 0. The molecule has 1 aromatic heterocycles. The number of carbonyl (C=O) groups excluding carboxylic acids is 2. The second-order valence-corrected chi connectivity index (χ2v) is 7.11. The van der Waals surface area contributed by atoms with E-state index < -0.39 is 5.92 Å². The van der Waals surface area contributed by atoms with Crippen LogP contribution in [0.3, 0.4) is 0 Å². The van der Waals surface area contributed by atoms with Crippen molar-refractivity contribution in [2.24, 2.45) is 11.8 Å². The molecule has 10 nitrogen and oxygen atoms in total. The summed E-state index contributed by atoms with van der Waals surface area (Å²) in [5, 5.41) is 13.2. The summed E-state index contributed by atoms with van der Waals surface area (Å²) in [4.78, 5) is 36.1. The Labute approximate surface area is 165 Å². The van der Waals surface area contributed by atoms with Gasteiger partial charge in [0.2, 0.25) is 24.2 Å². The molecule has 1 heterocycles. The number of hydroxylamine groups is 2. The SMILES string of the molecule is CCCCC[C@H](CN(O)C=O)C(=O)NNc1nc(CC)nc(NCC2CC2)n1. The lowest BCUT2D eigenvalue weighted by atomic mass is 10.0. The van der Waals surface area contributed by atoms with Gasteiger partial charge in [-0.1, -0.05) is 33.1 Å². The van der Waals surface area contributed by atoms with Crippen LogP contribution in [-0.4, -0.2) is 50.6 Å². The van der Waals surface area contributed by atoms with Crippen LogP contribution in [0.2, 0.25) is 0 Å². The Morgan fingerprint density at radius 3 is 2.64 bits per heavy atom. The third kappa shape index (κ3) is 7.63. The first-order chi connectivity index (χ1) is 13.5. The number of aryl methyl sites for hydroxylation is 1. The standard InChI is InChI=1S/C18H31N7O3/c1-3-5-6-7-14(11-25(28)12-26)16(27)23-24-18-21-15(4-2)20-17(22-18)19-10-13-8-9-13/h12-14,28H,3-11H2,1-2H3,(H,23,27)(H2,19,20,21,22,24)/t14-/m1/s1. The van der Waals surface area contributed by atoms with Gasteiger partial charge in [0.1, 0.15) is 5.82 Å². The van der Waals surface area contributed by atoms with Crippen molar-refractivity contribution in [2.45, 2.75) is 58.8 Å². The Hall–Kier alpha value is -2.49. The lowest BCUT2D eigenvalue weighted by molar-refractivity contribution is -0.154. The average Bonchev–Trinajstić information content (AvgIpc) is 3.54. The number of unbranched alkanes of at least 4 members (excludes halogenated alkanes) is 2. The number of hydrazine groups is 1. The summed E-state index contributed by atoms with van der Waals surface area (Å²) in [6, 6.07) is 0. The molecule has 1 aromatic rings. The number of rotatable bonds is 14. The minimum absolute atomic E-state index is 0.0632. The normalized spacial score (nSPS) is 14.2. The maximum Gasteiger partial charge on any atom is 0.246 e. The van der Waals surface area contributed by atoms with E-state index in [0.29, 0.717) is 42.0 Å². The molecule has 1 aliphatic carbocycles. The molecule has 28 heavy (non-hydrogen) atoms. The van der Waals surface area contributed by atoms with E-state index in [0.717, 1.165) is 25.8 Å². The molecule has 10 heteroatoms. The van der Waals surface area contributed by atoms with E-state index in [4.69, 9.17) is 0 Å². The molecule has 4 N–H and O–H groups in total. The number of amides is 2. The summed E-state index contributed by atoms with van der Waals surface area (Å²) in [6.07, 6.45) is 6.79. The zero-order valence-corrected chi connectivity index (χ0v) is 16.6. The molecule has 1 atom stereocenters. The van der Waals surface area contributed by atoms with Gasteiger partial charge in [0.25, 0.3) is 0 Å². The number of anilines is 2. The summed E-state index contributed by atoms with van der Waals surface area (Å²) >= 11 is 0. The minimum Gasteiger partial charge on any atom is -0.354 e. The molecule has 0 bridgehead atoms. The van der Waals surface area contributed by atoms with E-state index in [1.165, 1.54) is 12.8 Å². The van der Waals surface area contributed by atoms with Crippen molar-refractivity contribution in [1.29, 1.82) is 0 Å². The maximum absolute atomic E-state index is 12.5. The second-order valence-electron chi connectivity index (χ2n) is 7.11. The van der Waals surface area contributed by atoms with Gasteiger partial charge in [-0.2, -0.15) is 15.0 Å². The summed E-state index contributed by atoms with van der Waals surface area (Å²) in [6.45, 7) is 4.78. The second kappa shape index (κ2) is 11.4. The number of nitrogens with zero attached hydrogens (tertiary/aromatic N) is 4. The van der Waals surface area contributed by atoms with Crippen molar-refractivity contribution in [3.05, 3.63) is 5.82 Å². The van der Waals surface area contributed by atoms with Gasteiger partial charge in [0.05, 0.1) is 12.5 Å². The van der Waals surface area contributed by atoms with Crippen LogP contribution in [0.15, 0.2) is 0 Å². The van der Waals surface area contributed by atoms with Crippen molar-refractivity contribution in [3.8, 4) is 0 Å². The number of carbonyl (C=O) groups is 2. The van der Waals surface area contributed by atoms with E-state index >= 15 is 0 Å². The van der Waals surface area contributed by atoms with Crippen LogP contribution < -0.4 is 16.2 Å². The lowest BCUT2D eigenvalue weighted by Gasteiger charge is -2.19. The Balaban J connectivity index is 1.94. The minimum atomic E-state index is -0.533. The van der Waals surface area contributed by atoms with Crippen LogP contribution in [0.25, 0.3) is 0 Å². The third-order valence-corrected chi connectivity index (χ3v) is 4.60. The molecule has 0 saturated heterocycles. The molecular weight excluding hydrogens is 362 g/mol. The number of aromatic nitrogens is 3. The predicted molar refractivity (Wildman–Crippen MR) is 104 cm³/mol. The predicted octanol–water partition coefficient (Wildman–Crippen LogP) is 1.74. The molecule has 156 valence electrons. The Kier molecular flexibility index (Phi) is 8.86. The monoisotopic (exact) mass is 393 g/mol. The largest absolute Gasteiger partial charge is 0.354 e. The van der Waals surface area contributed by atoms with Crippen molar-refractivity contribution in [1.82, 2.24) is 25.4 Å². The molecule has 1 aliphatic rings. The fraction of sp³-hybridized carbons (Fsp3) is 0.722. The van der Waals surface area contributed by atoms with Gasteiger partial charge in [0, 0.05) is 13.0 Å². The van der Waals surface area contributed by atoms with Crippen LogP contribution in [0.4, 0.5) is 11.9 Å². The van der Waals surface area contributed by atoms with E-state index in [9.17, 15) is 14.8 Å². The fourth-order valence-corrected chi connectivity index (χ4v) is 2.70. The maximum atomic E-state index is 12.5.